The van der Waals surface area contributed by atoms with E-state index in [9.17, 15) is 9.59 Å². The molecule has 11 heavy (non-hydrogen) atoms. The Hall–Kier alpha value is -0.860. The van der Waals surface area contributed by atoms with Crippen LogP contribution >= 0.6 is 0 Å². The minimum Gasteiger partial charge on any atom is -0.347 e. The second-order valence-electron chi connectivity index (χ2n) is 2.80. The summed E-state index contributed by atoms with van der Waals surface area (Å²) >= 11 is 0. The third kappa shape index (κ3) is 4.53. The average molecular weight is 157 g/mol. The summed E-state index contributed by atoms with van der Waals surface area (Å²) in [6, 6.07) is 0.0447. The molecular weight excluding hydrogens is 142 g/mol. The molecule has 0 aliphatic rings. The van der Waals surface area contributed by atoms with Gasteiger partial charge >= 0.3 is 0 Å². The fourth-order valence-electron chi connectivity index (χ4n) is 0.683. The van der Waals surface area contributed by atoms with Crippen molar-refractivity contribution in [2.75, 3.05) is 0 Å². The molecule has 0 saturated carbocycles. The fraction of sp³-hybridized carbons (Fsp3) is 0.750. The van der Waals surface area contributed by atoms with Gasteiger partial charge in [-0.05, 0) is 20.3 Å². The highest BCUT2D eigenvalue weighted by Crippen LogP contribution is 1.89. The van der Waals surface area contributed by atoms with Crippen molar-refractivity contribution in [1.29, 1.82) is 0 Å². The number of nitrogens with one attached hydrogen (secondary N) is 1. The molecule has 0 radical (unpaired) electrons. The highest BCUT2D eigenvalue weighted by Gasteiger charge is 2.11. The van der Waals surface area contributed by atoms with Gasteiger partial charge in [-0.3, -0.25) is 9.59 Å². The van der Waals surface area contributed by atoms with E-state index in [0.717, 1.165) is 6.42 Å². The number of Topliss-reactive ketones (excluding diaryl/α,β-unsaturated/α-hetero) is 1. The zero-order valence-electron chi connectivity index (χ0n) is 7.31. The Bertz CT molecular complexity index is 152. The van der Waals surface area contributed by atoms with Crippen molar-refractivity contribution < 1.29 is 9.59 Å². The first-order chi connectivity index (χ1) is 5.07. The number of carbonyl (C=O) groups is 2. The maximum atomic E-state index is 10.9. The lowest BCUT2D eigenvalue weighted by Gasteiger charge is -2.05. The molecule has 64 valence electrons. The molecule has 1 amide bonds. The minimum atomic E-state index is -0.457. The molecule has 0 aromatic rings. The summed E-state index contributed by atoms with van der Waals surface area (Å²) in [5, 5.41) is 2.54. The third-order valence-corrected chi connectivity index (χ3v) is 1.15. The van der Waals surface area contributed by atoms with Crippen molar-refractivity contribution in [2.24, 2.45) is 0 Å². The van der Waals surface area contributed by atoms with Crippen molar-refractivity contribution in [3.8, 4) is 0 Å². The number of carbonyl (C=O) groups excluding carboxylic acids is 2. The SMILES string of the molecule is CCCC(=O)C(=O)NC(C)C. The monoisotopic (exact) mass is 157 g/mol. The van der Waals surface area contributed by atoms with Crippen LogP contribution in [0.1, 0.15) is 33.6 Å². The molecule has 0 aliphatic heterocycles. The summed E-state index contributed by atoms with van der Waals surface area (Å²) < 4.78 is 0. The van der Waals surface area contributed by atoms with Crippen LogP contribution in [0.4, 0.5) is 0 Å². The summed E-state index contributed by atoms with van der Waals surface area (Å²) in [5.74, 6) is -0.775. The number of ketones is 1. The summed E-state index contributed by atoms with van der Waals surface area (Å²) in [6.45, 7) is 5.54. The summed E-state index contributed by atoms with van der Waals surface area (Å²) in [5.41, 5.74) is 0. The molecule has 0 spiro atoms. The second-order valence-corrected chi connectivity index (χ2v) is 2.80. The molecule has 0 rings (SSSR count). The van der Waals surface area contributed by atoms with Gasteiger partial charge in [0.25, 0.3) is 5.91 Å². The van der Waals surface area contributed by atoms with Gasteiger partial charge in [-0.1, -0.05) is 6.92 Å². The highest BCUT2D eigenvalue weighted by molar-refractivity contribution is 6.36. The van der Waals surface area contributed by atoms with E-state index in [1.807, 2.05) is 20.8 Å². The predicted octanol–water partition coefficient (Wildman–Crippen LogP) is 0.880. The Morgan fingerprint density at radius 3 is 2.27 bits per heavy atom. The fourth-order valence-corrected chi connectivity index (χ4v) is 0.683. The number of hydrogen-bond acceptors (Lipinski definition) is 2. The van der Waals surface area contributed by atoms with Crippen LogP contribution in [0.5, 0.6) is 0 Å². The van der Waals surface area contributed by atoms with E-state index in [1.54, 1.807) is 0 Å². The molecule has 0 aromatic heterocycles. The van der Waals surface area contributed by atoms with Gasteiger partial charge in [-0.15, -0.1) is 0 Å². The van der Waals surface area contributed by atoms with Gasteiger partial charge in [0.2, 0.25) is 5.78 Å². The van der Waals surface area contributed by atoms with Crippen LogP contribution in [-0.2, 0) is 9.59 Å². The highest BCUT2D eigenvalue weighted by atomic mass is 16.2. The van der Waals surface area contributed by atoms with Crippen LogP contribution in [0, 0.1) is 0 Å². The Kier molecular flexibility index (Phi) is 4.50. The topological polar surface area (TPSA) is 46.2 Å². The van der Waals surface area contributed by atoms with Crippen molar-refractivity contribution in [1.82, 2.24) is 5.32 Å². The quantitative estimate of drug-likeness (QED) is 0.616. The second kappa shape index (κ2) is 4.88. The van der Waals surface area contributed by atoms with Gasteiger partial charge in [-0.25, -0.2) is 0 Å². The number of amides is 1. The number of rotatable bonds is 4. The molecule has 0 saturated heterocycles. The van der Waals surface area contributed by atoms with E-state index >= 15 is 0 Å². The van der Waals surface area contributed by atoms with Crippen molar-refractivity contribution in [3.63, 3.8) is 0 Å². The lowest BCUT2D eigenvalue weighted by molar-refractivity contribution is -0.138. The molecule has 0 bridgehead atoms. The third-order valence-electron chi connectivity index (χ3n) is 1.15. The lowest BCUT2D eigenvalue weighted by atomic mass is 10.2. The normalized spacial score (nSPS) is 9.82. The molecular formula is C8H15NO2. The molecule has 3 heteroatoms. The number of hydrogen-bond donors (Lipinski definition) is 1. The van der Waals surface area contributed by atoms with Gasteiger partial charge in [0.05, 0.1) is 0 Å². The lowest BCUT2D eigenvalue weighted by Crippen LogP contribution is -2.35. The summed E-state index contributed by atoms with van der Waals surface area (Å²) in [6.07, 6.45) is 1.07. The summed E-state index contributed by atoms with van der Waals surface area (Å²) in [7, 11) is 0. The smallest absolute Gasteiger partial charge is 0.287 e. The van der Waals surface area contributed by atoms with Crippen molar-refractivity contribution >= 4 is 11.7 Å². The Morgan fingerprint density at radius 1 is 1.36 bits per heavy atom. The first-order valence-corrected chi connectivity index (χ1v) is 3.91. The summed E-state index contributed by atoms with van der Waals surface area (Å²) in [4.78, 5) is 21.7. The van der Waals surface area contributed by atoms with Gasteiger partial charge in [0, 0.05) is 12.5 Å². The first-order valence-electron chi connectivity index (χ1n) is 3.91. The van der Waals surface area contributed by atoms with E-state index in [0.29, 0.717) is 6.42 Å². The maximum Gasteiger partial charge on any atom is 0.287 e. The van der Waals surface area contributed by atoms with E-state index in [-0.39, 0.29) is 11.8 Å². The predicted molar refractivity (Wildman–Crippen MR) is 43.2 cm³/mol. The van der Waals surface area contributed by atoms with Crippen LogP contribution in [0.25, 0.3) is 0 Å². The standard InChI is InChI=1S/C8H15NO2/c1-4-5-7(10)8(11)9-6(2)3/h6H,4-5H2,1-3H3,(H,9,11). The maximum absolute atomic E-state index is 10.9. The van der Waals surface area contributed by atoms with Crippen LogP contribution in [-0.4, -0.2) is 17.7 Å². The Labute approximate surface area is 67.2 Å². The Morgan fingerprint density at radius 2 is 1.91 bits per heavy atom. The van der Waals surface area contributed by atoms with Crippen LogP contribution in [0.15, 0.2) is 0 Å². The average Bonchev–Trinajstić information content (AvgIpc) is 1.86. The largest absolute Gasteiger partial charge is 0.347 e. The van der Waals surface area contributed by atoms with Crippen molar-refractivity contribution in [2.45, 2.75) is 39.7 Å². The molecule has 0 atom stereocenters. The van der Waals surface area contributed by atoms with Crippen molar-refractivity contribution in [3.05, 3.63) is 0 Å². The van der Waals surface area contributed by atoms with Gasteiger partial charge < -0.3 is 5.32 Å². The van der Waals surface area contributed by atoms with E-state index in [1.165, 1.54) is 0 Å². The Balaban J connectivity index is 3.74. The van der Waals surface area contributed by atoms with E-state index < -0.39 is 5.91 Å². The first kappa shape index (κ1) is 10.1. The molecule has 1 N–H and O–H groups in total. The van der Waals surface area contributed by atoms with Gasteiger partial charge in [0.1, 0.15) is 0 Å². The zero-order valence-corrected chi connectivity index (χ0v) is 7.31. The van der Waals surface area contributed by atoms with E-state index in [4.69, 9.17) is 0 Å². The van der Waals surface area contributed by atoms with Gasteiger partial charge in [-0.2, -0.15) is 0 Å². The van der Waals surface area contributed by atoms with Crippen LogP contribution < -0.4 is 5.32 Å². The molecule has 0 unspecified atom stereocenters. The molecule has 0 fully saturated rings. The van der Waals surface area contributed by atoms with E-state index in [2.05, 4.69) is 5.32 Å². The minimum absolute atomic E-state index is 0.0447. The molecule has 0 aromatic carbocycles. The molecule has 3 nitrogen and oxygen atoms in total. The van der Waals surface area contributed by atoms with Crippen LogP contribution in [0.2, 0.25) is 0 Å². The van der Waals surface area contributed by atoms with Crippen LogP contribution in [0.3, 0.4) is 0 Å². The van der Waals surface area contributed by atoms with Gasteiger partial charge in [0.15, 0.2) is 0 Å². The zero-order chi connectivity index (χ0) is 8.85. The molecule has 0 heterocycles. The molecule has 0 aliphatic carbocycles.